The van der Waals surface area contributed by atoms with E-state index in [9.17, 15) is 9.90 Å². The van der Waals surface area contributed by atoms with Gasteiger partial charge in [0.1, 0.15) is 11.4 Å². The fraction of sp³-hybridized carbons (Fsp3) is 0.389. The van der Waals surface area contributed by atoms with E-state index >= 15 is 0 Å². The van der Waals surface area contributed by atoms with Gasteiger partial charge in [0, 0.05) is 5.92 Å². The number of hydrogen-bond donors (Lipinski definition) is 2. The molecule has 2 N–H and O–H groups in total. The van der Waals surface area contributed by atoms with Gasteiger partial charge in [0.25, 0.3) is 0 Å². The number of rotatable bonds is 7. The highest BCUT2D eigenvalue weighted by molar-refractivity contribution is 7.08. The van der Waals surface area contributed by atoms with Crippen molar-refractivity contribution < 1.29 is 14.6 Å². The molecule has 1 aromatic carbocycles. The van der Waals surface area contributed by atoms with Crippen LogP contribution in [0.25, 0.3) is 0 Å². The third-order valence-corrected chi connectivity index (χ3v) is 4.58. The lowest BCUT2D eigenvalue weighted by molar-refractivity contribution is -0.125. The molecule has 0 saturated heterocycles. The number of thiophene rings is 1. The Kier molecular flexibility index (Phi) is 5.80. The van der Waals surface area contributed by atoms with Crippen LogP contribution < -0.4 is 10.1 Å². The molecule has 2 atom stereocenters. The lowest BCUT2D eigenvalue weighted by atomic mass is 9.97. The molecule has 0 saturated carbocycles. The lowest BCUT2D eigenvalue weighted by Crippen LogP contribution is -2.40. The third-order valence-electron chi connectivity index (χ3n) is 3.90. The summed E-state index contributed by atoms with van der Waals surface area (Å²) in [5.74, 6) is 0.579. The molecule has 0 spiro atoms. The summed E-state index contributed by atoms with van der Waals surface area (Å²) in [6.45, 7) is 3.80. The van der Waals surface area contributed by atoms with Gasteiger partial charge in [0.2, 0.25) is 5.91 Å². The van der Waals surface area contributed by atoms with E-state index in [1.54, 1.807) is 14.0 Å². The fourth-order valence-corrected chi connectivity index (χ4v) is 3.10. The Morgan fingerprint density at radius 3 is 2.61 bits per heavy atom. The Morgan fingerprint density at radius 1 is 1.35 bits per heavy atom. The Morgan fingerprint density at radius 2 is 2.04 bits per heavy atom. The molecule has 0 aliphatic rings. The number of amides is 1. The summed E-state index contributed by atoms with van der Waals surface area (Å²) < 4.78 is 5.13. The number of benzene rings is 1. The SMILES string of the molecule is COc1ccc(CC(C)C(=O)NCC(C)(O)c2ccsc2)cc1. The van der Waals surface area contributed by atoms with E-state index in [1.807, 2.05) is 48.0 Å². The molecule has 124 valence electrons. The minimum Gasteiger partial charge on any atom is -0.497 e. The van der Waals surface area contributed by atoms with Crippen molar-refractivity contribution in [1.29, 1.82) is 0 Å². The van der Waals surface area contributed by atoms with Gasteiger partial charge in [-0.15, -0.1) is 0 Å². The van der Waals surface area contributed by atoms with Crippen LogP contribution in [-0.4, -0.2) is 24.7 Å². The van der Waals surface area contributed by atoms with E-state index in [0.29, 0.717) is 6.42 Å². The summed E-state index contributed by atoms with van der Waals surface area (Å²) in [6.07, 6.45) is 0.649. The van der Waals surface area contributed by atoms with Gasteiger partial charge in [0.15, 0.2) is 0 Å². The molecule has 1 amide bonds. The van der Waals surface area contributed by atoms with E-state index in [4.69, 9.17) is 4.74 Å². The molecule has 5 heteroatoms. The number of methoxy groups -OCH3 is 1. The summed E-state index contributed by atoms with van der Waals surface area (Å²) in [5, 5.41) is 17.1. The second-order valence-corrected chi connectivity index (χ2v) is 6.74. The molecule has 0 radical (unpaired) electrons. The predicted molar refractivity (Wildman–Crippen MR) is 92.8 cm³/mol. The van der Waals surface area contributed by atoms with Gasteiger partial charge in [0.05, 0.1) is 13.7 Å². The number of nitrogens with one attached hydrogen (secondary N) is 1. The third kappa shape index (κ3) is 4.81. The monoisotopic (exact) mass is 333 g/mol. The highest BCUT2D eigenvalue weighted by Crippen LogP contribution is 2.22. The number of carbonyl (C=O) groups excluding carboxylic acids is 1. The molecule has 2 rings (SSSR count). The van der Waals surface area contributed by atoms with E-state index < -0.39 is 5.60 Å². The van der Waals surface area contributed by atoms with Gasteiger partial charge in [-0.1, -0.05) is 19.1 Å². The Labute approximate surface area is 141 Å². The zero-order valence-corrected chi connectivity index (χ0v) is 14.5. The molecular weight excluding hydrogens is 310 g/mol. The second kappa shape index (κ2) is 7.62. The molecular formula is C18H23NO3S. The molecule has 1 aromatic heterocycles. The maximum absolute atomic E-state index is 12.2. The van der Waals surface area contributed by atoms with Crippen LogP contribution in [0.3, 0.4) is 0 Å². The molecule has 0 bridgehead atoms. The normalized spacial score (nSPS) is 14.8. The smallest absolute Gasteiger partial charge is 0.223 e. The van der Waals surface area contributed by atoms with Crippen LogP contribution in [0.1, 0.15) is 25.0 Å². The first-order chi connectivity index (χ1) is 10.9. The number of hydrogen-bond acceptors (Lipinski definition) is 4. The van der Waals surface area contributed by atoms with Crippen LogP contribution >= 0.6 is 11.3 Å². The highest BCUT2D eigenvalue weighted by atomic mass is 32.1. The van der Waals surface area contributed by atoms with Crippen LogP contribution in [0, 0.1) is 5.92 Å². The van der Waals surface area contributed by atoms with Crippen LogP contribution in [0.4, 0.5) is 0 Å². The summed E-state index contributed by atoms with van der Waals surface area (Å²) >= 11 is 1.53. The minimum atomic E-state index is -1.05. The molecule has 1 heterocycles. The van der Waals surface area contributed by atoms with Crippen molar-refractivity contribution in [3.8, 4) is 5.75 Å². The van der Waals surface area contributed by atoms with Crippen molar-refractivity contribution in [1.82, 2.24) is 5.32 Å². The van der Waals surface area contributed by atoms with Crippen LogP contribution in [0.2, 0.25) is 0 Å². The van der Waals surface area contributed by atoms with Gasteiger partial charge in [-0.25, -0.2) is 0 Å². The first-order valence-electron chi connectivity index (χ1n) is 7.58. The molecule has 0 fully saturated rings. The van der Waals surface area contributed by atoms with Crippen molar-refractivity contribution in [3.63, 3.8) is 0 Å². The van der Waals surface area contributed by atoms with Gasteiger partial charge in [-0.2, -0.15) is 11.3 Å². The summed E-state index contributed by atoms with van der Waals surface area (Å²) in [6, 6.07) is 9.58. The van der Waals surface area contributed by atoms with Crippen molar-refractivity contribution >= 4 is 17.2 Å². The van der Waals surface area contributed by atoms with Gasteiger partial charge in [-0.05, 0) is 53.4 Å². The standard InChI is InChI=1S/C18H23NO3S/c1-13(10-14-4-6-16(22-3)7-5-14)17(20)19-12-18(2,21)15-8-9-23-11-15/h4-9,11,13,21H,10,12H2,1-3H3,(H,19,20). The topological polar surface area (TPSA) is 58.6 Å². The maximum atomic E-state index is 12.2. The minimum absolute atomic E-state index is 0.0590. The highest BCUT2D eigenvalue weighted by Gasteiger charge is 2.25. The molecule has 2 unspecified atom stereocenters. The van der Waals surface area contributed by atoms with Gasteiger partial charge in [-0.3, -0.25) is 4.79 Å². The first kappa shape index (κ1) is 17.5. The summed E-state index contributed by atoms with van der Waals surface area (Å²) in [7, 11) is 1.63. The maximum Gasteiger partial charge on any atom is 0.223 e. The average Bonchev–Trinajstić information content (AvgIpc) is 3.08. The molecule has 0 aliphatic heterocycles. The van der Waals surface area contributed by atoms with Crippen molar-refractivity contribution in [2.24, 2.45) is 5.92 Å². The molecule has 4 nitrogen and oxygen atoms in total. The zero-order chi connectivity index (χ0) is 16.9. The average molecular weight is 333 g/mol. The zero-order valence-electron chi connectivity index (χ0n) is 13.7. The molecule has 0 aliphatic carbocycles. The fourth-order valence-electron chi connectivity index (χ4n) is 2.31. The van der Waals surface area contributed by atoms with E-state index in [2.05, 4.69) is 5.32 Å². The van der Waals surface area contributed by atoms with E-state index in [1.165, 1.54) is 11.3 Å². The quantitative estimate of drug-likeness (QED) is 0.819. The number of ether oxygens (including phenoxy) is 1. The van der Waals surface area contributed by atoms with E-state index in [-0.39, 0.29) is 18.4 Å². The predicted octanol–water partition coefficient (Wildman–Crippen LogP) is 2.96. The Hall–Kier alpha value is -1.85. The Bertz CT molecular complexity index is 620. The van der Waals surface area contributed by atoms with Crippen molar-refractivity contribution in [2.45, 2.75) is 25.9 Å². The largest absolute Gasteiger partial charge is 0.497 e. The molecule has 2 aromatic rings. The van der Waals surface area contributed by atoms with E-state index in [0.717, 1.165) is 16.9 Å². The van der Waals surface area contributed by atoms with Crippen LogP contribution in [0.5, 0.6) is 5.75 Å². The Balaban J connectivity index is 1.87. The lowest BCUT2D eigenvalue weighted by Gasteiger charge is -2.24. The first-order valence-corrected chi connectivity index (χ1v) is 8.52. The summed E-state index contributed by atoms with van der Waals surface area (Å²) in [4.78, 5) is 12.2. The molecule has 23 heavy (non-hydrogen) atoms. The second-order valence-electron chi connectivity index (χ2n) is 5.96. The number of aliphatic hydroxyl groups is 1. The van der Waals surface area contributed by atoms with Crippen LogP contribution in [-0.2, 0) is 16.8 Å². The van der Waals surface area contributed by atoms with Gasteiger partial charge >= 0.3 is 0 Å². The van der Waals surface area contributed by atoms with Crippen molar-refractivity contribution in [3.05, 3.63) is 52.2 Å². The van der Waals surface area contributed by atoms with Crippen molar-refractivity contribution in [2.75, 3.05) is 13.7 Å². The summed E-state index contributed by atoms with van der Waals surface area (Å²) in [5.41, 5.74) is 0.860. The van der Waals surface area contributed by atoms with Gasteiger partial charge < -0.3 is 15.2 Å². The number of carbonyl (C=O) groups is 1. The van der Waals surface area contributed by atoms with Crippen LogP contribution in [0.15, 0.2) is 41.1 Å².